The molecule has 0 aliphatic carbocycles. The van der Waals surface area contributed by atoms with E-state index in [4.69, 9.17) is 0 Å². The van der Waals surface area contributed by atoms with Crippen molar-refractivity contribution >= 4 is 15.9 Å². The Morgan fingerprint density at radius 3 is 2.62 bits per heavy atom. The van der Waals surface area contributed by atoms with Gasteiger partial charge >= 0.3 is 0 Å². The molecule has 7 nitrogen and oxygen atoms in total. The van der Waals surface area contributed by atoms with Crippen LogP contribution < -0.4 is 0 Å². The summed E-state index contributed by atoms with van der Waals surface area (Å²) in [5.74, 6) is -0.120. The van der Waals surface area contributed by atoms with Crippen LogP contribution in [-0.2, 0) is 10.0 Å². The molecule has 2 aliphatic heterocycles. The summed E-state index contributed by atoms with van der Waals surface area (Å²) in [6, 6.07) is 6.04. The highest BCUT2D eigenvalue weighted by molar-refractivity contribution is 7.89. The van der Waals surface area contributed by atoms with Gasteiger partial charge in [0.05, 0.1) is 11.5 Å². The smallest absolute Gasteiger partial charge is 0.253 e. The van der Waals surface area contributed by atoms with Gasteiger partial charge in [0, 0.05) is 44.3 Å². The van der Waals surface area contributed by atoms with Gasteiger partial charge in [0.25, 0.3) is 5.91 Å². The van der Waals surface area contributed by atoms with Crippen molar-refractivity contribution in [3.63, 3.8) is 0 Å². The van der Waals surface area contributed by atoms with Crippen LogP contribution in [-0.4, -0.2) is 86.0 Å². The van der Waals surface area contributed by atoms with Crippen molar-refractivity contribution in [2.45, 2.75) is 17.4 Å². The third-order valence-electron chi connectivity index (χ3n) is 4.81. The van der Waals surface area contributed by atoms with Crippen molar-refractivity contribution in [1.82, 2.24) is 14.1 Å². The highest BCUT2D eigenvalue weighted by Crippen LogP contribution is 2.22. The van der Waals surface area contributed by atoms with E-state index in [0.717, 1.165) is 19.5 Å². The quantitative estimate of drug-likeness (QED) is 0.813. The summed E-state index contributed by atoms with van der Waals surface area (Å²) in [4.78, 5) is 16.1. The molecule has 0 spiro atoms. The normalized spacial score (nSPS) is 23.1. The molecule has 1 amide bonds. The van der Waals surface area contributed by atoms with Crippen molar-refractivity contribution in [2.75, 3.05) is 46.4 Å². The van der Waals surface area contributed by atoms with Crippen molar-refractivity contribution in [1.29, 1.82) is 0 Å². The van der Waals surface area contributed by atoms with E-state index in [1.807, 2.05) is 11.9 Å². The molecule has 1 N–H and O–H groups in total. The average molecular weight is 353 g/mol. The lowest BCUT2D eigenvalue weighted by Gasteiger charge is -2.37. The second-order valence-electron chi connectivity index (χ2n) is 6.35. The molecule has 2 saturated heterocycles. The monoisotopic (exact) mass is 353 g/mol. The summed E-state index contributed by atoms with van der Waals surface area (Å²) in [6.07, 6.45) is 0.994. The number of sulfonamides is 1. The van der Waals surface area contributed by atoms with Gasteiger partial charge in [-0.15, -0.1) is 0 Å². The fourth-order valence-corrected chi connectivity index (χ4v) is 4.49. The first-order valence-corrected chi connectivity index (χ1v) is 9.58. The van der Waals surface area contributed by atoms with Gasteiger partial charge in [-0.2, -0.15) is 4.31 Å². The molecule has 3 rings (SSSR count). The Kier molecular flexibility index (Phi) is 4.91. The lowest BCUT2D eigenvalue weighted by molar-refractivity contribution is 0.0651. The molecule has 0 unspecified atom stereocenters. The second-order valence-corrected chi connectivity index (χ2v) is 8.29. The van der Waals surface area contributed by atoms with E-state index >= 15 is 0 Å². The van der Waals surface area contributed by atoms with Crippen molar-refractivity contribution < 1.29 is 18.3 Å². The molecule has 0 bridgehead atoms. The Bertz CT molecular complexity index is 718. The Labute approximate surface area is 142 Å². The lowest BCUT2D eigenvalue weighted by Crippen LogP contribution is -2.54. The number of amides is 1. The molecule has 2 fully saturated rings. The van der Waals surface area contributed by atoms with Gasteiger partial charge in [0.15, 0.2) is 0 Å². The number of aliphatic hydroxyl groups is 1. The maximum absolute atomic E-state index is 12.9. The van der Waals surface area contributed by atoms with E-state index < -0.39 is 10.0 Å². The standard InChI is InChI=1S/C16H23N3O4S/c1-17-8-9-19(11-14(17)12-20)24(22,23)15-5-2-4-13(10-15)16(21)18-6-3-7-18/h2,4-5,10,14,20H,3,6-9,11-12H2,1H3/t14-/m1/s1. The number of carbonyl (C=O) groups excluding carboxylic acids is 1. The molecule has 2 aliphatic rings. The highest BCUT2D eigenvalue weighted by Gasteiger charge is 2.33. The number of aliphatic hydroxyl groups excluding tert-OH is 1. The molecule has 8 heteroatoms. The average Bonchev–Trinajstić information content (AvgIpc) is 2.53. The Morgan fingerprint density at radius 2 is 2.00 bits per heavy atom. The SMILES string of the molecule is CN1CCN(S(=O)(=O)c2cccc(C(=O)N3CCC3)c2)C[C@@H]1CO. The number of hydrogen-bond donors (Lipinski definition) is 1. The minimum atomic E-state index is -3.67. The van der Waals surface area contributed by atoms with E-state index in [1.54, 1.807) is 17.0 Å². The first kappa shape index (κ1) is 17.3. The first-order chi connectivity index (χ1) is 11.4. The van der Waals surface area contributed by atoms with Crippen LogP contribution in [0.3, 0.4) is 0 Å². The Morgan fingerprint density at radius 1 is 1.25 bits per heavy atom. The molecule has 0 radical (unpaired) electrons. The minimum absolute atomic E-state index is 0.0873. The molecule has 2 heterocycles. The maximum Gasteiger partial charge on any atom is 0.253 e. The van der Waals surface area contributed by atoms with Crippen LogP contribution in [0.25, 0.3) is 0 Å². The van der Waals surface area contributed by atoms with Crippen LogP contribution in [0.15, 0.2) is 29.2 Å². The number of nitrogens with zero attached hydrogens (tertiary/aromatic N) is 3. The summed E-state index contributed by atoms with van der Waals surface area (Å²) in [5, 5.41) is 9.41. The van der Waals surface area contributed by atoms with Gasteiger partial charge < -0.3 is 10.0 Å². The number of carbonyl (C=O) groups is 1. The number of likely N-dealkylation sites (N-methyl/N-ethyl adjacent to an activating group) is 1. The van der Waals surface area contributed by atoms with Gasteiger partial charge in [-0.25, -0.2) is 8.42 Å². The van der Waals surface area contributed by atoms with Crippen LogP contribution in [0.4, 0.5) is 0 Å². The van der Waals surface area contributed by atoms with Crippen molar-refractivity contribution in [2.24, 2.45) is 0 Å². The first-order valence-electron chi connectivity index (χ1n) is 8.14. The number of benzene rings is 1. The molecular formula is C16H23N3O4S. The Balaban J connectivity index is 1.83. The fraction of sp³-hybridized carbons (Fsp3) is 0.562. The van der Waals surface area contributed by atoms with Gasteiger partial charge in [-0.05, 0) is 31.7 Å². The predicted octanol–water partition coefficient (Wildman–Crippen LogP) is -0.170. The van der Waals surface area contributed by atoms with Crippen LogP contribution in [0.5, 0.6) is 0 Å². The van der Waals surface area contributed by atoms with Gasteiger partial charge in [0.1, 0.15) is 0 Å². The van der Waals surface area contributed by atoms with Crippen LogP contribution in [0.2, 0.25) is 0 Å². The molecule has 1 atom stereocenters. The summed E-state index contributed by atoms with van der Waals surface area (Å²) in [5.41, 5.74) is 0.406. The molecular weight excluding hydrogens is 330 g/mol. The van der Waals surface area contributed by atoms with Gasteiger partial charge in [0.2, 0.25) is 10.0 Å². The van der Waals surface area contributed by atoms with Crippen LogP contribution in [0.1, 0.15) is 16.8 Å². The third-order valence-corrected chi connectivity index (χ3v) is 6.67. The number of rotatable bonds is 4. The molecule has 132 valence electrons. The van der Waals surface area contributed by atoms with Crippen molar-refractivity contribution in [3.8, 4) is 0 Å². The highest BCUT2D eigenvalue weighted by atomic mass is 32.2. The summed E-state index contributed by atoms with van der Waals surface area (Å²) in [7, 11) is -1.80. The van der Waals surface area contributed by atoms with Crippen molar-refractivity contribution in [3.05, 3.63) is 29.8 Å². The van der Waals surface area contributed by atoms with E-state index in [1.165, 1.54) is 16.4 Å². The molecule has 1 aromatic rings. The number of piperazine rings is 1. The molecule has 24 heavy (non-hydrogen) atoms. The van der Waals surface area contributed by atoms with E-state index in [-0.39, 0.29) is 30.0 Å². The minimum Gasteiger partial charge on any atom is -0.395 e. The van der Waals surface area contributed by atoms with Crippen LogP contribution >= 0.6 is 0 Å². The largest absolute Gasteiger partial charge is 0.395 e. The lowest BCUT2D eigenvalue weighted by atomic mass is 10.1. The summed E-state index contributed by atoms with van der Waals surface area (Å²) < 4.78 is 27.2. The third kappa shape index (κ3) is 3.19. The van der Waals surface area contributed by atoms with Crippen LogP contribution in [0, 0.1) is 0 Å². The predicted molar refractivity (Wildman–Crippen MR) is 89.2 cm³/mol. The molecule has 0 saturated carbocycles. The zero-order valence-corrected chi connectivity index (χ0v) is 14.6. The fourth-order valence-electron chi connectivity index (χ4n) is 2.97. The summed E-state index contributed by atoms with van der Waals surface area (Å²) >= 11 is 0. The van der Waals surface area contributed by atoms with E-state index in [0.29, 0.717) is 18.7 Å². The maximum atomic E-state index is 12.9. The second kappa shape index (κ2) is 6.79. The zero-order chi connectivity index (χ0) is 17.3. The Hall–Kier alpha value is -1.48. The summed E-state index contributed by atoms with van der Waals surface area (Å²) in [6.45, 7) is 2.56. The van der Waals surface area contributed by atoms with E-state index in [2.05, 4.69) is 0 Å². The van der Waals surface area contributed by atoms with E-state index in [9.17, 15) is 18.3 Å². The van der Waals surface area contributed by atoms with Gasteiger partial charge in [-0.3, -0.25) is 9.69 Å². The molecule has 1 aromatic carbocycles. The molecule has 0 aromatic heterocycles. The number of hydrogen-bond acceptors (Lipinski definition) is 5. The number of likely N-dealkylation sites (tertiary alicyclic amines) is 1. The zero-order valence-electron chi connectivity index (χ0n) is 13.8. The topological polar surface area (TPSA) is 81.2 Å². The van der Waals surface area contributed by atoms with Gasteiger partial charge in [-0.1, -0.05) is 6.07 Å².